The predicted molar refractivity (Wildman–Crippen MR) is 187 cm³/mol. The van der Waals surface area contributed by atoms with Crippen molar-refractivity contribution >= 4 is 47.5 Å². The summed E-state index contributed by atoms with van der Waals surface area (Å²) < 4.78 is 53.8. The second kappa shape index (κ2) is 12.7. The summed E-state index contributed by atoms with van der Waals surface area (Å²) in [4.78, 5) is 10.5. The van der Waals surface area contributed by atoms with Crippen LogP contribution in [0.25, 0.3) is 44.2 Å². The van der Waals surface area contributed by atoms with Crippen LogP contribution in [-0.4, -0.2) is 65.1 Å². The number of sulfonamides is 1. The van der Waals surface area contributed by atoms with Crippen LogP contribution in [0.4, 0.5) is 5.69 Å². The Balaban J connectivity index is 1.43. The molecule has 0 aliphatic rings. The Morgan fingerprint density at radius 1 is 0.761 bits per heavy atom. The number of aromatic nitrogens is 2. The van der Waals surface area contributed by atoms with E-state index in [1.54, 1.807) is 37.4 Å². The third-order valence-corrected chi connectivity index (χ3v) is 11.7. The highest BCUT2D eigenvalue weighted by Crippen LogP contribution is 2.41. The molecule has 10 heteroatoms. The Morgan fingerprint density at radius 2 is 1.43 bits per heavy atom. The van der Waals surface area contributed by atoms with Gasteiger partial charge in [-0.05, 0) is 80.1 Å². The van der Waals surface area contributed by atoms with Crippen LogP contribution >= 0.6 is 0 Å². The Labute approximate surface area is 270 Å². The molecule has 2 heterocycles. The number of H-pyrrole nitrogens is 1. The van der Waals surface area contributed by atoms with Crippen molar-refractivity contribution in [1.29, 1.82) is 0 Å². The van der Waals surface area contributed by atoms with E-state index in [0.717, 1.165) is 38.5 Å². The van der Waals surface area contributed by atoms with Gasteiger partial charge in [0.15, 0.2) is 9.84 Å². The maximum absolute atomic E-state index is 13.2. The lowest BCUT2D eigenvalue weighted by Gasteiger charge is -2.20. The van der Waals surface area contributed by atoms with Crippen LogP contribution in [0.3, 0.4) is 0 Å². The van der Waals surface area contributed by atoms with Crippen LogP contribution in [0.15, 0.2) is 114 Å². The van der Waals surface area contributed by atoms with Crippen molar-refractivity contribution in [3.05, 3.63) is 115 Å². The molecule has 0 aliphatic heterocycles. The topological polar surface area (TPSA) is 103 Å². The third kappa shape index (κ3) is 6.42. The summed E-state index contributed by atoms with van der Waals surface area (Å²) in [6.45, 7) is 0.696. The zero-order chi connectivity index (χ0) is 32.5. The average Bonchev–Trinajstić information content (AvgIpc) is 3.42. The van der Waals surface area contributed by atoms with Crippen LogP contribution in [0.2, 0.25) is 0 Å². The molecule has 8 nitrogen and oxygen atoms in total. The van der Waals surface area contributed by atoms with Crippen LogP contribution in [0.1, 0.15) is 12.0 Å². The first-order valence-electron chi connectivity index (χ1n) is 15.0. The molecule has 0 atom stereocenters. The Morgan fingerprint density at radius 3 is 2.11 bits per heavy atom. The molecule has 0 unspecified atom stereocenters. The molecule has 46 heavy (non-hydrogen) atoms. The molecule has 236 valence electrons. The molecule has 1 N–H and O–H groups in total. The molecule has 0 radical (unpaired) electrons. The molecule has 0 saturated carbocycles. The number of nitrogens with one attached hydrogen (secondary N) is 1. The van der Waals surface area contributed by atoms with E-state index < -0.39 is 19.9 Å². The number of nitrogens with zero attached hydrogens (tertiary/aromatic N) is 3. The summed E-state index contributed by atoms with van der Waals surface area (Å²) in [6, 6.07) is 31.7. The first-order valence-corrected chi connectivity index (χ1v) is 18.3. The lowest BCUT2D eigenvalue weighted by atomic mass is 9.92. The number of hydrogen-bond acceptors (Lipinski definition) is 6. The van der Waals surface area contributed by atoms with Gasteiger partial charge in [0.2, 0.25) is 10.0 Å². The lowest BCUT2D eigenvalue weighted by Crippen LogP contribution is -2.30. The van der Waals surface area contributed by atoms with E-state index in [0.29, 0.717) is 34.8 Å². The SMILES string of the molecule is CN(C)CCCS(=O)(=O)N(C)c1ccc(-c2cnc3[nH]c4ccc(CS(=O)(=O)c5ccccc5)cc4c3c2-c2ccccc2)cc1. The van der Waals surface area contributed by atoms with E-state index in [9.17, 15) is 16.8 Å². The second-order valence-corrected chi connectivity index (χ2v) is 15.8. The summed E-state index contributed by atoms with van der Waals surface area (Å²) in [5, 5.41) is 1.77. The van der Waals surface area contributed by atoms with Crippen molar-refractivity contribution in [2.24, 2.45) is 0 Å². The molecule has 0 spiro atoms. The lowest BCUT2D eigenvalue weighted by molar-refractivity contribution is 0.408. The fourth-order valence-corrected chi connectivity index (χ4v) is 8.33. The quantitative estimate of drug-likeness (QED) is 0.166. The Kier molecular flexibility index (Phi) is 8.69. The molecule has 0 bridgehead atoms. The molecule has 0 fully saturated rings. The van der Waals surface area contributed by atoms with Gasteiger partial charge in [0.1, 0.15) is 5.65 Å². The first-order chi connectivity index (χ1) is 22.0. The van der Waals surface area contributed by atoms with E-state index in [1.807, 2.05) is 98.0 Å². The molecule has 0 aliphatic carbocycles. The van der Waals surface area contributed by atoms with Crippen molar-refractivity contribution in [3.8, 4) is 22.3 Å². The van der Waals surface area contributed by atoms with Crippen LogP contribution < -0.4 is 4.31 Å². The molecule has 0 amide bonds. The zero-order valence-corrected chi connectivity index (χ0v) is 27.6. The number of aromatic amines is 1. The standard InChI is InChI=1S/C36H36N4O4S2/c1-39(2)21-10-22-46(43,44)40(3)29-18-16-27(17-19-29)32-24-37-36-35(34(32)28-11-6-4-7-12-28)31-23-26(15-20-33(31)38-36)25-45(41,42)30-13-8-5-9-14-30/h4-9,11-20,23-24H,10,21-22,25H2,1-3H3,(H,37,38). The summed E-state index contributed by atoms with van der Waals surface area (Å²) in [5.74, 6) is -0.0577. The number of benzene rings is 4. The largest absolute Gasteiger partial charge is 0.339 e. The molecular weight excluding hydrogens is 617 g/mol. The van der Waals surface area contributed by atoms with Gasteiger partial charge in [0, 0.05) is 40.7 Å². The highest BCUT2D eigenvalue weighted by atomic mass is 32.2. The fourth-order valence-electron chi connectivity index (χ4n) is 5.76. The highest BCUT2D eigenvalue weighted by molar-refractivity contribution is 7.92. The van der Waals surface area contributed by atoms with Gasteiger partial charge in [-0.1, -0.05) is 66.7 Å². The highest BCUT2D eigenvalue weighted by Gasteiger charge is 2.21. The Hall–Kier alpha value is -4.51. The minimum atomic E-state index is -3.54. The van der Waals surface area contributed by atoms with Gasteiger partial charge in [0.05, 0.1) is 22.1 Å². The van der Waals surface area contributed by atoms with Gasteiger partial charge in [-0.2, -0.15) is 0 Å². The number of pyridine rings is 1. The van der Waals surface area contributed by atoms with Crippen LogP contribution in [0.5, 0.6) is 0 Å². The number of hydrogen-bond donors (Lipinski definition) is 1. The fraction of sp³-hybridized carbons (Fsp3) is 0.194. The van der Waals surface area contributed by atoms with Gasteiger partial charge in [-0.15, -0.1) is 0 Å². The minimum Gasteiger partial charge on any atom is -0.339 e. The summed E-state index contributed by atoms with van der Waals surface area (Å²) in [7, 11) is -1.57. The summed E-state index contributed by atoms with van der Waals surface area (Å²) in [5.41, 5.74) is 6.52. The maximum atomic E-state index is 13.2. The van der Waals surface area contributed by atoms with Gasteiger partial charge in [-0.3, -0.25) is 4.31 Å². The number of rotatable bonds is 11. The first kappa shape index (κ1) is 31.5. The normalized spacial score (nSPS) is 12.3. The smallest absolute Gasteiger partial charge is 0.234 e. The van der Waals surface area contributed by atoms with Gasteiger partial charge in [0.25, 0.3) is 0 Å². The maximum Gasteiger partial charge on any atom is 0.234 e. The van der Waals surface area contributed by atoms with E-state index in [4.69, 9.17) is 4.98 Å². The van der Waals surface area contributed by atoms with Gasteiger partial charge >= 0.3 is 0 Å². The second-order valence-electron chi connectivity index (χ2n) is 11.7. The number of sulfone groups is 1. The van der Waals surface area contributed by atoms with E-state index >= 15 is 0 Å². The van der Waals surface area contributed by atoms with Crippen LogP contribution in [-0.2, 0) is 25.6 Å². The van der Waals surface area contributed by atoms with Crippen molar-refractivity contribution in [1.82, 2.24) is 14.9 Å². The third-order valence-electron chi connectivity index (χ3n) is 8.17. The monoisotopic (exact) mass is 652 g/mol. The van der Waals surface area contributed by atoms with E-state index in [-0.39, 0.29) is 11.5 Å². The minimum absolute atomic E-state index is 0.0668. The van der Waals surface area contributed by atoms with E-state index in [2.05, 4.69) is 4.98 Å². The van der Waals surface area contributed by atoms with Crippen molar-refractivity contribution in [3.63, 3.8) is 0 Å². The molecule has 6 rings (SSSR count). The van der Waals surface area contributed by atoms with Crippen molar-refractivity contribution in [2.75, 3.05) is 37.7 Å². The molecule has 4 aromatic carbocycles. The van der Waals surface area contributed by atoms with Gasteiger partial charge in [-0.25, -0.2) is 21.8 Å². The van der Waals surface area contributed by atoms with Crippen molar-refractivity contribution < 1.29 is 16.8 Å². The Bertz CT molecular complexity index is 2220. The molecule has 2 aromatic heterocycles. The summed E-state index contributed by atoms with van der Waals surface area (Å²) in [6.07, 6.45) is 2.38. The number of anilines is 1. The average molecular weight is 653 g/mol. The van der Waals surface area contributed by atoms with Crippen LogP contribution in [0, 0.1) is 0 Å². The predicted octanol–water partition coefficient (Wildman–Crippen LogP) is 6.74. The van der Waals surface area contributed by atoms with E-state index in [1.165, 1.54) is 4.31 Å². The molecular formula is C36H36N4O4S2. The number of fused-ring (bicyclic) bond motifs is 3. The van der Waals surface area contributed by atoms with Gasteiger partial charge < -0.3 is 9.88 Å². The molecule has 0 saturated heterocycles. The zero-order valence-electron chi connectivity index (χ0n) is 26.0. The summed E-state index contributed by atoms with van der Waals surface area (Å²) >= 11 is 0. The molecule has 6 aromatic rings. The van der Waals surface area contributed by atoms with Crippen molar-refractivity contribution in [2.45, 2.75) is 17.1 Å².